The molecule has 0 amide bonds. The number of aliphatic hydroxyl groups is 3. The molecular weight excluding hydrogens is 1430 g/mol. The first-order valence-electron chi connectivity index (χ1n) is 35.7. The smallest absolute Gasteiger partial charge is 0.168 e. The Hall–Kier alpha value is -4.95. The number of benzene rings is 3. The molecule has 3 N–H and O–H groups in total. The van der Waals surface area contributed by atoms with Crippen LogP contribution >= 0.6 is 47.8 Å². The Morgan fingerprint density at radius 3 is 0.758 bits per heavy atom. The lowest BCUT2D eigenvalue weighted by molar-refractivity contribution is -0.201. The predicted molar refractivity (Wildman–Crippen MR) is 416 cm³/mol. The van der Waals surface area contributed by atoms with Crippen LogP contribution in [-0.4, -0.2) is 72.3 Å². The second-order valence-electron chi connectivity index (χ2n) is 33.1. The van der Waals surface area contributed by atoms with E-state index in [4.69, 9.17) is 14.2 Å². The molecule has 0 heterocycles. The van der Waals surface area contributed by atoms with Crippen LogP contribution in [-0.2, 0) is 47.9 Å². The number of ketones is 3. The lowest BCUT2D eigenvalue weighted by atomic mass is 9.40. The molecule has 9 nitrogen and oxygen atoms in total. The molecule has 0 spiro atoms. The van der Waals surface area contributed by atoms with E-state index in [9.17, 15) is 29.7 Å². The Bertz CT molecular complexity index is 3310. The van der Waals surface area contributed by atoms with Gasteiger partial charge in [-0.25, -0.2) is 0 Å². The van der Waals surface area contributed by atoms with Gasteiger partial charge in [-0.1, -0.05) is 196 Å². The summed E-state index contributed by atoms with van der Waals surface area (Å²) in [5.74, 6) is 2.49. The van der Waals surface area contributed by atoms with Crippen LogP contribution in [0.5, 0.6) is 0 Å². The summed E-state index contributed by atoms with van der Waals surface area (Å²) in [6.45, 7) is 38.2. The van der Waals surface area contributed by atoms with Crippen LogP contribution in [0.15, 0.2) is 192 Å². The summed E-state index contributed by atoms with van der Waals surface area (Å²) in [7, 11) is 4.88. The first-order valence-corrected chi connectivity index (χ1v) is 38.1. The van der Waals surface area contributed by atoms with Crippen molar-refractivity contribution >= 4 is 65.1 Å². The monoisotopic (exact) mass is 1540 g/mol. The molecule has 0 aromatic heterocycles. The molecule has 12 heteroatoms. The minimum atomic E-state index is -0.903. The van der Waals surface area contributed by atoms with Crippen molar-refractivity contribution in [2.75, 3.05) is 21.3 Å². The molecular formula is C87H117Br3O9. The fourth-order valence-corrected chi connectivity index (χ4v) is 19.3. The SMILES string of the molecule is COC1=CC(=O)[C@]2(CC=C(C)C)[C@@H](O)[C@@]1(Cc1ccc(Br)cc1)C[C@@H](CC=C(C)C)C2(C)C.COC1=CC(=O)[C@]2(CC=C(C)C)[C@@H](O)[C@@]1(Cc1ccc(Br)cc1)C[C@@H](CC=C(C)C)C2(C)C.COC1=CC(=O)[C@]2(CC=C(C)C)[C@@H](O)[C@@]1(Cc1ccc(Br)cc1)C[C@@H](CC=C(C)C)C2(C)C. The first-order chi connectivity index (χ1) is 46.2. The number of allylic oxidation sites excluding steroid dienone is 15. The Kier molecular flexibility index (Phi) is 26.3. The van der Waals surface area contributed by atoms with Crippen molar-refractivity contribution in [2.24, 2.45) is 66.5 Å². The number of methoxy groups -OCH3 is 3. The standard InChI is InChI=1S/3C29H39BrO3/c3*1-19(2)8-11-22-18-28(17-21-9-12-23(30)13-10-21)25(33-7)16-24(31)29(26(28)32,27(22,5)6)15-14-20(3)4/h3*8-10,12-14,16,22,26,32H,11,15,17-18H2,1-7H3/t3*22-,26+,28+,29-/m111/s1. The van der Waals surface area contributed by atoms with Crippen LogP contribution in [0.3, 0.4) is 0 Å². The third-order valence-corrected chi connectivity index (χ3v) is 26.4. The quantitative estimate of drug-likeness (QED) is 0.0890. The van der Waals surface area contributed by atoms with Gasteiger partial charge < -0.3 is 29.5 Å². The molecule has 0 aliphatic heterocycles. The van der Waals surface area contributed by atoms with Crippen molar-refractivity contribution < 1.29 is 43.9 Å². The van der Waals surface area contributed by atoms with E-state index in [1.165, 1.54) is 16.7 Å². The molecule has 3 fully saturated rings. The van der Waals surface area contributed by atoms with Gasteiger partial charge in [-0.15, -0.1) is 0 Å². The number of ether oxygens (including phenoxy) is 3. The highest BCUT2D eigenvalue weighted by molar-refractivity contribution is 9.11. The Morgan fingerprint density at radius 2 is 0.576 bits per heavy atom. The maximum atomic E-state index is 13.9. The summed E-state index contributed by atoms with van der Waals surface area (Å²) in [4.78, 5) is 41.7. The Labute approximate surface area is 620 Å². The van der Waals surface area contributed by atoms with E-state index in [0.717, 1.165) is 85.4 Å². The Balaban J connectivity index is 0.000000209. The molecule has 9 rings (SSSR count). The molecule has 6 bridgehead atoms. The third-order valence-electron chi connectivity index (χ3n) is 24.8. The molecule has 3 saturated carbocycles. The summed E-state index contributed by atoms with van der Waals surface area (Å²) < 4.78 is 20.7. The molecule has 540 valence electrons. The summed E-state index contributed by atoms with van der Waals surface area (Å²) >= 11 is 10.6. The Morgan fingerprint density at radius 1 is 0.374 bits per heavy atom. The zero-order valence-electron chi connectivity index (χ0n) is 63.5. The van der Waals surface area contributed by atoms with Crippen LogP contribution in [0, 0.1) is 66.5 Å². The number of carbonyl (C=O) groups excluding carboxylic acids is 3. The molecule has 6 aliphatic carbocycles. The predicted octanol–water partition coefficient (Wildman–Crippen LogP) is 21.6. The number of rotatable bonds is 21. The first kappa shape index (κ1) is 81.3. The number of halogens is 3. The van der Waals surface area contributed by atoms with E-state index in [0.29, 0.717) is 55.8 Å². The number of hydrogen-bond donors (Lipinski definition) is 3. The van der Waals surface area contributed by atoms with E-state index in [-0.39, 0.29) is 51.3 Å². The maximum absolute atomic E-state index is 13.9. The topological polar surface area (TPSA) is 140 Å². The van der Waals surface area contributed by atoms with Gasteiger partial charge in [0.25, 0.3) is 0 Å². The number of fused-ring (bicyclic) bond motifs is 6. The highest BCUT2D eigenvalue weighted by Gasteiger charge is 2.73. The minimum absolute atomic E-state index is 0.0114. The second kappa shape index (κ2) is 32.0. The summed E-state index contributed by atoms with van der Waals surface area (Å²) in [5, 5.41) is 36.7. The highest BCUT2D eigenvalue weighted by Crippen LogP contribution is 2.70. The summed E-state index contributed by atoms with van der Waals surface area (Å²) in [5.41, 5.74) is 4.87. The van der Waals surface area contributed by atoms with Crippen LogP contribution < -0.4 is 0 Å². The molecule has 0 radical (unpaired) electrons. The van der Waals surface area contributed by atoms with Crippen molar-refractivity contribution in [3.8, 4) is 0 Å². The normalized spacial score (nSPS) is 30.3. The molecule has 99 heavy (non-hydrogen) atoms. The maximum Gasteiger partial charge on any atom is 0.168 e. The van der Waals surface area contributed by atoms with Crippen LogP contribution in [0.25, 0.3) is 0 Å². The van der Waals surface area contributed by atoms with Crippen molar-refractivity contribution in [3.63, 3.8) is 0 Å². The fourth-order valence-electron chi connectivity index (χ4n) is 18.5. The van der Waals surface area contributed by atoms with Crippen LogP contribution in [0.1, 0.15) is 199 Å². The largest absolute Gasteiger partial charge is 0.500 e. The summed E-state index contributed by atoms with van der Waals surface area (Å²) in [6.07, 6.45) is 24.2. The van der Waals surface area contributed by atoms with Gasteiger partial charge in [0.05, 0.1) is 72.1 Å². The number of aliphatic hydroxyl groups excluding tert-OH is 3. The van der Waals surface area contributed by atoms with E-state index in [2.05, 4.69) is 245 Å². The van der Waals surface area contributed by atoms with Gasteiger partial charge >= 0.3 is 0 Å². The fraction of sp³-hybridized carbons (Fsp3) is 0.552. The van der Waals surface area contributed by atoms with Gasteiger partial charge in [0.15, 0.2) is 17.3 Å². The van der Waals surface area contributed by atoms with Gasteiger partial charge in [-0.3, -0.25) is 14.4 Å². The molecule has 12 atom stereocenters. The van der Waals surface area contributed by atoms with E-state index < -0.39 is 50.8 Å². The molecule has 0 unspecified atom stereocenters. The van der Waals surface area contributed by atoms with Crippen molar-refractivity contribution in [1.82, 2.24) is 0 Å². The van der Waals surface area contributed by atoms with Gasteiger partial charge in [0.1, 0.15) is 17.3 Å². The van der Waals surface area contributed by atoms with Gasteiger partial charge in [-0.05, 0) is 247 Å². The number of hydrogen-bond acceptors (Lipinski definition) is 9. The number of carbonyl (C=O) groups is 3. The lowest BCUT2D eigenvalue weighted by Crippen LogP contribution is -2.68. The zero-order valence-corrected chi connectivity index (χ0v) is 68.3. The molecule has 3 aromatic carbocycles. The highest BCUT2D eigenvalue weighted by atomic mass is 79.9. The molecule has 6 aliphatic rings. The van der Waals surface area contributed by atoms with Crippen molar-refractivity contribution in [1.29, 1.82) is 0 Å². The van der Waals surface area contributed by atoms with Gasteiger partial charge in [0, 0.05) is 31.6 Å². The van der Waals surface area contributed by atoms with Crippen molar-refractivity contribution in [3.05, 3.63) is 208 Å². The average Bonchev–Trinajstić information content (AvgIpc) is 0.699. The van der Waals surface area contributed by atoms with E-state index in [1.807, 2.05) is 36.4 Å². The minimum Gasteiger partial charge on any atom is -0.500 e. The van der Waals surface area contributed by atoms with Gasteiger partial charge in [-0.2, -0.15) is 0 Å². The lowest BCUT2D eigenvalue weighted by Gasteiger charge is -2.64. The average molecular weight is 1550 g/mol. The van der Waals surface area contributed by atoms with Crippen LogP contribution in [0.4, 0.5) is 0 Å². The molecule has 0 saturated heterocycles. The van der Waals surface area contributed by atoms with E-state index in [1.54, 1.807) is 39.6 Å². The summed E-state index contributed by atoms with van der Waals surface area (Å²) in [6, 6.07) is 24.8. The zero-order chi connectivity index (χ0) is 73.8. The van der Waals surface area contributed by atoms with Crippen molar-refractivity contribution in [2.45, 2.75) is 220 Å². The van der Waals surface area contributed by atoms with Gasteiger partial charge in [0.2, 0.25) is 0 Å². The molecule has 3 aromatic rings. The second-order valence-corrected chi connectivity index (χ2v) is 35.9. The van der Waals surface area contributed by atoms with Crippen LogP contribution in [0.2, 0.25) is 0 Å². The van der Waals surface area contributed by atoms with E-state index >= 15 is 0 Å². The third kappa shape index (κ3) is 15.5.